The summed E-state index contributed by atoms with van der Waals surface area (Å²) in [7, 11) is 0. The molecule has 0 radical (unpaired) electrons. The van der Waals surface area contributed by atoms with Crippen LogP contribution in [0.5, 0.6) is 5.75 Å². The Balaban J connectivity index is 2.78. The van der Waals surface area contributed by atoms with Crippen molar-refractivity contribution in [2.24, 2.45) is 5.73 Å². The molecular weight excluding hydrogens is 249 g/mol. The van der Waals surface area contributed by atoms with E-state index in [0.29, 0.717) is 23.1 Å². The van der Waals surface area contributed by atoms with Crippen LogP contribution in [0.4, 0.5) is 4.79 Å². The number of carbonyl (C=O) groups is 1. The third-order valence-electron chi connectivity index (χ3n) is 1.71. The van der Waals surface area contributed by atoms with Crippen LogP contribution in [0.1, 0.15) is 5.56 Å². The number of ether oxygens (including phenoxy) is 1. The summed E-state index contributed by atoms with van der Waals surface area (Å²) in [6.45, 7) is 0. The van der Waals surface area contributed by atoms with Crippen molar-refractivity contribution in [2.75, 3.05) is 5.88 Å². The summed E-state index contributed by atoms with van der Waals surface area (Å²) < 4.78 is 4.67. The van der Waals surface area contributed by atoms with Crippen LogP contribution in [0.15, 0.2) is 18.2 Å². The molecule has 1 rings (SSSR count). The number of hydrogen-bond donors (Lipinski definition) is 1. The van der Waals surface area contributed by atoms with Crippen molar-refractivity contribution in [2.45, 2.75) is 6.42 Å². The first-order valence-electron chi connectivity index (χ1n) is 4.41. The second kappa shape index (κ2) is 6.26. The minimum absolute atomic E-state index is 0.292. The van der Waals surface area contributed by atoms with Gasteiger partial charge in [-0.3, -0.25) is 0 Å². The van der Waals surface area contributed by atoms with Crippen LogP contribution in [-0.2, 0) is 6.42 Å². The van der Waals surface area contributed by atoms with Gasteiger partial charge in [-0.2, -0.15) is 0 Å². The van der Waals surface area contributed by atoms with E-state index < -0.39 is 6.09 Å². The third-order valence-corrected chi connectivity index (χ3v) is 2.20. The molecule has 0 heterocycles. The summed E-state index contributed by atoms with van der Waals surface area (Å²) in [5.41, 5.74) is 5.71. The molecule has 1 aromatic carbocycles. The SMILES string of the molecule is NC(=O)Oc1ccc(CC#CCCl)c(Cl)c1. The number of amides is 1. The van der Waals surface area contributed by atoms with Crippen LogP contribution in [0, 0.1) is 11.8 Å². The molecule has 1 amide bonds. The Bertz CT molecular complexity index is 449. The van der Waals surface area contributed by atoms with Crippen molar-refractivity contribution < 1.29 is 9.53 Å². The maximum absolute atomic E-state index is 10.5. The molecule has 0 spiro atoms. The van der Waals surface area contributed by atoms with Gasteiger partial charge in [-0.05, 0) is 17.7 Å². The Morgan fingerprint density at radius 1 is 1.44 bits per heavy atom. The van der Waals surface area contributed by atoms with Crippen molar-refractivity contribution >= 4 is 29.3 Å². The van der Waals surface area contributed by atoms with Gasteiger partial charge in [0, 0.05) is 11.4 Å². The third kappa shape index (κ3) is 4.01. The number of carbonyl (C=O) groups excluding carboxylic acids is 1. The Morgan fingerprint density at radius 3 is 2.75 bits per heavy atom. The molecule has 0 aliphatic heterocycles. The molecule has 5 heteroatoms. The molecule has 0 atom stereocenters. The monoisotopic (exact) mass is 257 g/mol. The summed E-state index contributed by atoms with van der Waals surface area (Å²) in [6, 6.07) is 4.85. The largest absolute Gasteiger partial charge is 0.410 e. The van der Waals surface area contributed by atoms with Crippen LogP contribution in [0.3, 0.4) is 0 Å². The van der Waals surface area contributed by atoms with Crippen molar-refractivity contribution in [3.05, 3.63) is 28.8 Å². The number of nitrogens with two attached hydrogens (primary N) is 1. The zero-order valence-corrected chi connectivity index (χ0v) is 9.81. The van der Waals surface area contributed by atoms with Gasteiger partial charge in [0.2, 0.25) is 0 Å². The maximum atomic E-state index is 10.5. The summed E-state index contributed by atoms with van der Waals surface area (Å²) in [4.78, 5) is 10.5. The number of primary amides is 1. The molecule has 16 heavy (non-hydrogen) atoms. The lowest BCUT2D eigenvalue weighted by molar-refractivity contribution is 0.211. The standard InChI is InChI=1S/C11H9Cl2NO2/c12-6-2-1-3-8-4-5-9(7-10(8)13)16-11(14)15/h4-5,7H,3,6H2,(H2,14,15). The maximum Gasteiger partial charge on any atom is 0.409 e. The van der Waals surface area contributed by atoms with E-state index in [4.69, 9.17) is 28.9 Å². The van der Waals surface area contributed by atoms with Crippen LogP contribution < -0.4 is 10.5 Å². The average molecular weight is 258 g/mol. The highest BCUT2D eigenvalue weighted by Gasteiger charge is 2.03. The van der Waals surface area contributed by atoms with Gasteiger partial charge in [0.05, 0.1) is 5.88 Å². The first-order chi connectivity index (χ1) is 7.63. The lowest BCUT2D eigenvalue weighted by atomic mass is 10.1. The van der Waals surface area contributed by atoms with E-state index in [1.54, 1.807) is 12.1 Å². The predicted octanol–water partition coefficient (Wildman–Crippen LogP) is 2.58. The minimum atomic E-state index is -0.870. The number of rotatable bonds is 2. The van der Waals surface area contributed by atoms with E-state index in [0.717, 1.165) is 5.56 Å². The summed E-state index contributed by atoms with van der Waals surface area (Å²) >= 11 is 11.4. The molecule has 0 aliphatic carbocycles. The van der Waals surface area contributed by atoms with Gasteiger partial charge in [-0.25, -0.2) is 4.79 Å². The quantitative estimate of drug-likeness (QED) is 0.654. The zero-order chi connectivity index (χ0) is 12.0. The number of alkyl halides is 1. The van der Waals surface area contributed by atoms with E-state index in [9.17, 15) is 4.79 Å². The zero-order valence-electron chi connectivity index (χ0n) is 8.30. The highest BCUT2D eigenvalue weighted by molar-refractivity contribution is 6.31. The lowest BCUT2D eigenvalue weighted by Crippen LogP contribution is -2.16. The highest BCUT2D eigenvalue weighted by atomic mass is 35.5. The molecular formula is C11H9Cl2NO2. The highest BCUT2D eigenvalue weighted by Crippen LogP contribution is 2.22. The second-order valence-electron chi connectivity index (χ2n) is 2.84. The Kier molecular flexibility index (Phi) is 4.97. The first-order valence-corrected chi connectivity index (χ1v) is 5.32. The number of halogens is 2. The fourth-order valence-electron chi connectivity index (χ4n) is 1.06. The molecule has 0 saturated heterocycles. The van der Waals surface area contributed by atoms with Crippen molar-refractivity contribution in [1.82, 2.24) is 0 Å². The molecule has 0 saturated carbocycles. The van der Waals surface area contributed by atoms with Crippen LogP contribution in [0.25, 0.3) is 0 Å². The average Bonchev–Trinajstić information content (AvgIpc) is 2.20. The lowest BCUT2D eigenvalue weighted by Gasteiger charge is -2.03. The Labute approximate surface area is 103 Å². The topological polar surface area (TPSA) is 52.3 Å². The predicted molar refractivity (Wildman–Crippen MR) is 63.9 cm³/mol. The van der Waals surface area contributed by atoms with Gasteiger partial charge in [-0.15, -0.1) is 11.6 Å². The van der Waals surface area contributed by atoms with E-state index in [2.05, 4.69) is 16.6 Å². The van der Waals surface area contributed by atoms with Gasteiger partial charge in [0.15, 0.2) is 0 Å². The molecule has 0 unspecified atom stereocenters. The molecule has 84 valence electrons. The van der Waals surface area contributed by atoms with E-state index in [1.807, 2.05) is 0 Å². The van der Waals surface area contributed by atoms with E-state index in [1.165, 1.54) is 6.07 Å². The van der Waals surface area contributed by atoms with Crippen molar-refractivity contribution in [3.63, 3.8) is 0 Å². The molecule has 1 aromatic rings. The fraction of sp³-hybridized carbons (Fsp3) is 0.182. The number of benzene rings is 1. The van der Waals surface area contributed by atoms with Crippen molar-refractivity contribution in [3.8, 4) is 17.6 Å². The molecule has 0 bridgehead atoms. The normalized spacial score (nSPS) is 9.12. The van der Waals surface area contributed by atoms with Gasteiger partial charge in [0.25, 0.3) is 0 Å². The van der Waals surface area contributed by atoms with Gasteiger partial charge >= 0.3 is 6.09 Å². The molecule has 0 fully saturated rings. The molecule has 0 aliphatic rings. The van der Waals surface area contributed by atoms with Crippen molar-refractivity contribution in [1.29, 1.82) is 0 Å². The Hall–Kier alpha value is -1.37. The van der Waals surface area contributed by atoms with Crippen LogP contribution in [0.2, 0.25) is 5.02 Å². The second-order valence-corrected chi connectivity index (χ2v) is 3.51. The number of hydrogen-bond acceptors (Lipinski definition) is 2. The van der Waals surface area contributed by atoms with Gasteiger partial charge in [0.1, 0.15) is 5.75 Å². The van der Waals surface area contributed by atoms with Crippen LogP contribution in [-0.4, -0.2) is 12.0 Å². The van der Waals surface area contributed by atoms with Crippen LogP contribution >= 0.6 is 23.2 Å². The minimum Gasteiger partial charge on any atom is -0.410 e. The van der Waals surface area contributed by atoms with Gasteiger partial charge < -0.3 is 10.5 Å². The fourth-order valence-corrected chi connectivity index (χ4v) is 1.39. The molecule has 2 N–H and O–H groups in total. The first kappa shape index (κ1) is 12.7. The molecule has 3 nitrogen and oxygen atoms in total. The Morgan fingerprint density at radius 2 is 2.19 bits per heavy atom. The smallest absolute Gasteiger partial charge is 0.409 e. The summed E-state index contributed by atoms with van der Waals surface area (Å²) in [5.74, 6) is 6.18. The molecule has 0 aromatic heterocycles. The van der Waals surface area contributed by atoms with E-state index in [-0.39, 0.29) is 0 Å². The summed E-state index contributed by atoms with van der Waals surface area (Å²) in [5, 5.41) is 0.475. The van der Waals surface area contributed by atoms with Gasteiger partial charge in [-0.1, -0.05) is 29.5 Å². The summed E-state index contributed by atoms with van der Waals surface area (Å²) in [6.07, 6.45) is -0.367. The van der Waals surface area contributed by atoms with E-state index >= 15 is 0 Å².